The van der Waals surface area contributed by atoms with Crippen molar-refractivity contribution in [1.29, 1.82) is 0 Å². The van der Waals surface area contributed by atoms with Crippen LogP contribution in [-0.2, 0) is 9.53 Å². The van der Waals surface area contributed by atoms with Gasteiger partial charge in [-0.2, -0.15) is 0 Å². The summed E-state index contributed by atoms with van der Waals surface area (Å²) in [5, 5.41) is 18.9. The maximum absolute atomic E-state index is 10.9. The van der Waals surface area contributed by atoms with Crippen molar-refractivity contribution in [3.63, 3.8) is 0 Å². The maximum Gasteiger partial charge on any atom is 0.306 e. The third kappa shape index (κ3) is 4.30. The van der Waals surface area contributed by atoms with Gasteiger partial charge in [-0.3, -0.25) is 4.79 Å². The van der Waals surface area contributed by atoms with Crippen molar-refractivity contribution in [3.05, 3.63) is 11.6 Å². The van der Waals surface area contributed by atoms with Crippen molar-refractivity contribution in [1.82, 2.24) is 0 Å². The monoisotopic (exact) mass is 298 g/mol. The fourth-order valence-corrected chi connectivity index (χ4v) is 3.00. The third-order valence-corrected chi connectivity index (χ3v) is 4.96. The standard InChI is InChI=1S/C17H30O4/c1-11(9-12(2)15(19)20)10-13(3)16(5)7-8-17(6,21-16)14(4)18/h10-12,14,18H,7-9H2,1-6H3,(H,19,20)/t11-,12-,14+,16+,17+/m1/s1. The van der Waals surface area contributed by atoms with Gasteiger partial charge in [0.25, 0.3) is 0 Å². The van der Waals surface area contributed by atoms with E-state index in [0.717, 1.165) is 18.4 Å². The Morgan fingerprint density at radius 2 is 1.86 bits per heavy atom. The van der Waals surface area contributed by atoms with Crippen molar-refractivity contribution < 1.29 is 19.7 Å². The summed E-state index contributed by atoms with van der Waals surface area (Å²) < 4.78 is 6.18. The lowest BCUT2D eigenvalue weighted by molar-refractivity contribution is -0.141. The van der Waals surface area contributed by atoms with Gasteiger partial charge in [-0.1, -0.05) is 19.9 Å². The minimum Gasteiger partial charge on any atom is -0.481 e. The maximum atomic E-state index is 10.9. The van der Waals surface area contributed by atoms with E-state index in [2.05, 4.69) is 13.0 Å². The number of carbonyl (C=O) groups is 1. The number of ether oxygens (including phenoxy) is 1. The molecule has 1 aliphatic heterocycles. The van der Waals surface area contributed by atoms with E-state index < -0.39 is 17.7 Å². The van der Waals surface area contributed by atoms with E-state index in [9.17, 15) is 9.90 Å². The molecule has 0 aliphatic carbocycles. The van der Waals surface area contributed by atoms with Crippen LogP contribution in [0.25, 0.3) is 0 Å². The highest BCUT2D eigenvalue weighted by molar-refractivity contribution is 5.69. The van der Waals surface area contributed by atoms with Crippen molar-refractivity contribution in [2.75, 3.05) is 0 Å². The van der Waals surface area contributed by atoms with Gasteiger partial charge in [0.15, 0.2) is 0 Å². The molecule has 0 aromatic carbocycles. The molecule has 0 amide bonds. The fourth-order valence-electron chi connectivity index (χ4n) is 3.00. The van der Waals surface area contributed by atoms with Crippen molar-refractivity contribution in [2.24, 2.45) is 11.8 Å². The molecule has 1 rings (SSSR count). The van der Waals surface area contributed by atoms with Crippen LogP contribution < -0.4 is 0 Å². The first-order valence-electron chi connectivity index (χ1n) is 7.80. The molecule has 5 atom stereocenters. The summed E-state index contributed by atoms with van der Waals surface area (Å²) in [4.78, 5) is 10.9. The first-order valence-corrected chi connectivity index (χ1v) is 7.80. The quantitative estimate of drug-likeness (QED) is 0.738. The second-order valence-corrected chi connectivity index (χ2v) is 7.12. The van der Waals surface area contributed by atoms with Crippen LogP contribution in [-0.4, -0.2) is 33.5 Å². The molecule has 2 N–H and O–H groups in total. The molecule has 1 saturated heterocycles. The molecule has 4 nitrogen and oxygen atoms in total. The lowest BCUT2D eigenvalue weighted by atomic mass is 9.87. The normalized spacial score (nSPS) is 34.5. The van der Waals surface area contributed by atoms with Gasteiger partial charge >= 0.3 is 5.97 Å². The lowest BCUT2D eigenvalue weighted by Gasteiger charge is -2.33. The molecular weight excluding hydrogens is 268 g/mol. The Hall–Kier alpha value is -0.870. The molecule has 0 bridgehead atoms. The minimum atomic E-state index is -0.752. The van der Waals surface area contributed by atoms with Crippen LogP contribution in [0.1, 0.15) is 60.8 Å². The smallest absolute Gasteiger partial charge is 0.306 e. The zero-order chi connectivity index (χ0) is 16.4. The number of hydrogen-bond donors (Lipinski definition) is 2. The van der Waals surface area contributed by atoms with Crippen LogP contribution in [0.5, 0.6) is 0 Å². The Labute approximate surface area is 128 Å². The van der Waals surface area contributed by atoms with Crippen molar-refractivity contribution in [3.8, 4) is 0 Å². The Balaban J connectivity index is 2.76. The highest BCUT2D eigenvalue weighted by Crippen LogP contribution is 2.43. The third-order valence-electron chi connectivity index (χ3n) is 4.96. The average Bonchev–Trinajstić information content (AvgIpc) is 2.68. The van der Waals surface area contributed by atoms with Gasteiger partial charge in [-0.05, 0) is 58.4 Å². The molecule has 122 valence electrons. The number of aliphatic hydroxyl groups excluding tert-OH is 1. The van der Waals surface area contributed by atoms with E-state index in [0.29, 0.717) is 6.42 Å². The number of carboxylic acid groups (broad SMARTS) is 1. The van der Waals surface area contributed by atoms with Crippen LogP contribution >= 0.6 is 0 Å². The van der Waals surface area contributed by atoms with Crippen molar-refractivity contribution in [2.45, 2.75) is 78.1 Å². The molecule has 0 spiro atoms. The van der Waals surface area contributed by atoms with Crippen LogP contribution in [0.3, 0.4) is 0 Å². The molecule has 0 aromatic rings. The SMILES string of the molecule is CC(=C[C@H](C)C[C@@H](C)C(=O)O)[C@]1(C)CC[C@@](C)([C@H](C)O)O1. The van der Waals surface area contributed by atoms with Gasteiger partial charge in [0.1, 0.15) is 0 Å². The minimum absolute atomic E-state index is 0.190. The van der Waals surface area contributed by atoms with Gasteiger partial charge in [-0.15, -0.1) is 0 Å². The summed E-state index contributed by atoms with van der Waals surface area (Å²) >= 11 is 0. The number of hydrogen-bond acceptors (Lipinski definition) is 3. The summed E-state index contributed by atoms with van der Waals surface area (Å²) in [6.07, 6.45) is 3.94. The number of carboxylic acids is 1. The first-order chi connectivity index (χ1) is 9.50. The molecule has 1 aliphatic rings. The fraction of sp³-hybridized carbons (Fsp3) is 0.824. The molecule has 0 radical (unpaired) electrons. The topological polar surface area (TPSA) is 66.8 Å². The summed E-state index contributed by atoms with van der Waals surface area (Å²) in [5.41, 5.74) is 0.255. The Morgan fingerprint density at radius 3 is 2.29 bits per heavy atom. The van der Waals surface area contributed by atoms with E-state index in [1.54, 1.807) is 13.8 Å². The van der Waals surface area contributed by atoms with Gasteiger partial charge in [0, 0.05) is 0 Å². The zero-order valence-corrected chi connectivity index (χ0v) is 14.1. The molecule has 0 unspecified atom stereocenters. The summed E-state index contributed by atoms with van der Waals surface area (Å²) in [7, 11) is 0. The highest BCUT2D eigenvalue weighted by Gasteiger charge is 2.47. The summed E-state index contributed by atoms with van der Waals surface area (Å²) in [5.74, 6) is -0.906. The van der Waals surface area contributed by atoms with Crippen LogP contribution in [0.4, 0.5) is 0 Å². The largest absolute Gasteiger partial charge is 0.481 e. The Bertz CT molecular complexity index is 415. The second kappa shape index (κ2) is 6.49. The number of aliphatic carboxylic acids is 1. The van der Waals surface area contributed by atoms with Gasteiger partial charge < -0.3 is 14.9 Å². The van der Waals surface area contributed by atoms with Gasteiger partial charge in [-0.25, -0.2) is 0 Å². The molecule has 1 heterocycles. The molecule has 0 saturated carbocycles. The van der Waals surface area contributed by atoms with E-state index in [4.69, 9.17) is 9.84 Å². The van der Waals surface area contributed by atoms with Crippen LogP contribution in [0, 0.1) is 11.8 Å². The summed E-state index contributed by atoms with van der Waals surface area (Å²) in [6, 6.07) is 0. The first kappa shape index (κ1) is 18.2. The van der Waals surface area contributed by atoms with E-state index in [1.165, 1.54) is 0 Å². The second-order valence-electron chi connectivity index (χ2n) is 7.12. The molecule has 21 heavy (non-hydrogen) atoms. The molecule has 1 fully saturated rings. The van der Waals surface area contributed by atoms with E-state index in [-0.39, 0.29) is 17.4 Å². The van der Waals surface area contributed by atoms with Gasteiger partial charge in [0.05, 0.1) is 23.2 Å². The van der Waals surface area contributed by atoms with Gasteiger partial charge in [0.2, 0.25) is 0 Å². The van der Waals surface area contributed by atoms with Crippen LogP contribution in [0.2, 0.25) is 0 Å². The Morgan fingerprint density at radius 1 is 1.29 bits per heavy atom. The molecule has 4 heteroatoms. The average molecular weight is 298 g/mol. The van der Waals surface area contributed by atoms with Crippen LogP contribution in [0.15, 0.2) is 11.6 Å². The van der Waals surface area contributed by atoms with E-state index in [1.807, 2.05) is 20.8 Å². The molecular formula is C17H30O4. The van der Waals surface area contributed by atoms with E-state index >= 15 is 0 Å². The molecule has 0 aromatic heterocycles. The highest BCUT2D eigenvalue weighted by atomic mass is 16.5. The predicted molar refractivity (Wildman–Crippen MR) is 83.1 cm³/mol. The Kier molecular flexibility index (Phi) is 5.62. The number of allylic oxidation sites excluding steroid dienone is 1. The summed E-state index contributed by atoms with van der Waals surface area (Å²) in [6.45, 7) is 11.6. The zero-order valence-electron chi connectivity index (χ0n) is 14.1. The lowest BCUT2D eigenvalue weighted by Crippen LogP contribution is -2.40. The predicted octanol–water partition coefficient (Wildman–Crippen LogP) is 3.39. The number of rotatable bonds is 6. The van der Waals surface area contributed by atoms with Crippen molar-refractivity contribution >= 4 is 5.97 Å². The number of aliphatic hydroxyl groups is 1.